The molecule has 0 N–H and O–H groups in total. The Hall–Kier alpha value is -2.86. The second-order valence-corrected chi connectivity index (χ2v) is 7.78. The normalized spacial score (nSPS) is 15.8. The molecule has 0 aliphatic carbocycles. The number of anilines is 1. The summed E-state index contributed by atoms with van der Waals surface area (Å²) in [6.07, 6.45) is -8.19. The molecule has 1 aromatic carbocycles. The van der Waals surface area contributed by atoms with Gasteiger partial charge in [-0.3, -0.25) is 4.90 Å². The van der Waals surface area contributed by atoms with Crippen molar-refractivity contribution in [1.29, 1.82) is 0 Å². The summed E-state index contributed by atoms with van der Waals surface area (Å²) in [6.45, 7) is 2.33. The number of pyridine rings is 1. The van der Waals surface area contributed by atoms with Crippen molar-refractivity contribution in [2.45, 2.75) is 18.9 Å². The molecule has 3 heterocycles. The van der Waals surface area contributed by atoms with E-state index in [-0.39, 0.29) is 16.7 Å². The Labute approximate surface area is 188 Å². The molecule has 176 valence electrons. The van der Waals surface area contributed by atoms with Crippen molar-refractivity contribution < 1.29 is 30.9 Å². The minimum atomic E-state index is -4.52. The van der Waals surface area contributed by atoms with Gasteiger partial charge in [-0.25, -0.2) is 4.98 Å². The Kier molecular flexibility index (Phi) is 6.23. The molecule has 13 heteroatoms. The predicted molar refractivity (Wildman–Crippen MR) is 106 cm³/mol. The van der Waals surface area contributed by atoms with E-state index >= 15 is 0 Å². The fourth-order valence-corrected chi connectivity index (χ4v) is 3.66. The fourth-order valence-electron chi connectivity index (χ4n) is 3.37. The molecule has 0 spiro atoms. The molecule has 33 heavy (non-hydrogen) atoms. The van der Waals surface area contributed by atoms with Gasteiger partial charge in [-0.1, -0.05) is 28.9 Å². The maximum absolute atomic E-state index is 12.8. The molecule has 1 aliphatic heterocycles. The van der Waals surface area contributed by atoms with Crippen molar-refractivity contribution in [3.8, 4) is 11.4 Å². The first-order valence-corrected chi connectivity index (χ1v) is 10.1. The van der Waals surface area contributed by atoms with Gasteiger partial charge in [-0.15, -0.1) is 0 Å². The van der Waals surface area contributed by atoms with E-state index in [1.165, 1.54) is 12.1 Å². The van der Waals surface area contributed by atoms with Crippen LogP contribution in [0.3, 0.4) is 0 Å². The number of rotatable bonds is 4. The van der Waals surface area contributed by atoms with E-state index in [1.54, 1.807) is 4.90 Å². The van der Waals surface area contributed by atoms with Gasteiger partial charge in [0, 0.05) is 37.9 Å². The van der Waals surface area contributed by atoms with Crippen LogP contribution >= 0.6 is 11.6 Å². The van der Waals surface area contributed by atoms with Gasteiger partial charge in [0.05, 0.1) is 22.7 Å². The maximum atomic E-state index is 12.8. The molecule has 2 aromatic heterocycles. The molecule has 1 aliphatic rings. The lowest BCUT2D eigenvalue weighted by atomic mass is 10.1. The summed E-state index contributed by atoms with van der Waals surface area (Å²) < 4.78 is 81.7. The molecule has 6 nitrogen and oxygen atoms in total. The van der Waals surface area contributed by atoms with Crippen LogP contribution in [0.4, 0.5) is 32.2 Å². The topological polar surface area (TPSA) is 58.3 Å². The predicted octanol–water partition coefficient (Wildman–Crippen LogP) is 5.14. The largest absolute Gasteiger partial charge is 0.417 e. The van der Waals surface area contributed by atoms with E-state index in [4.69, 9.17) is 16.1 Å². The molecule has 1 fully saturated rings. The van der Waals surface area contributed by atoms with Gasteiger partial charge in [0.1, 0.15) is 5.82 Å². The standard InChI is InChI=1S/C20H16ClF6N5O/c21-15-9-14(20(25,26)27)10-28-18(15)32-7-5-31(6-8-32)11-16-29-17(30-33-16)12-1-3-13(4-2-12)19(22,23)24/h1-4,9-10H,5-8,11H2. The van der Waals surface area contributed by atoms with E-state index in [2.05, 4.69) is 15.1 Å². The van der Waals surface area contributed by atoms with Crippen LogP contribution in [0.15, 0.2) is 41.1 Å². The molecule has 0 radical (unpaired) electrons. The highest BCUT2D eigenvalue weighted by Gasteiger charge is 2.33. The molecule has 3 aromatic rings. The Morgan fingerprint density at radius 2 is 1.55 bits per heavy atom. The molecule has 4 rings (SSSR count). The molecule has 0 atom stereocenters. The highest BCUT2D eigenvalue weighted by molar-refractivity contribution is 6.33. The fraction of sp³-hybridized carbons (Fsp3) is 0.350. The monoisotopic (exact) mass is 491 g/mol. The van der Waals surface area contributed by atoms with Crippen LogP contribution in [0.2, 0.25) is 5.02 Å². The number of piperazine rings is 1. The van der Waals surface area contributed by atoms with Crippen LogP contribution in [0, 0.1) is 0 Å². The third-order valence-corrected chi connectivity index (χ3v) is 5.40. The maximum Gasteiger partial charge on any atom is 0.417 e. The minimum absolute atomic E-state index is 0.0728. The van der Waals surface area contributed by atoms with Gasteiger partial charge >= 0.3 is 12.4 Å². The SMILES string of the molecule is FC(F)(F)c1ccc(-c2noc(CN3CCN(c4ncc(C(F)(F)F)cc4Cl)CC3)n2)cc1. The van der Waals surface area contributed by atoms with Crippen molar-refractivity contribution in [2.24, 2.45) is 0 Å². The van der Waals surface area contributed by atoms with Crippen LogP contribution in [0.25, 0.3) is 11.4 Å². The summed E-state index contributed by atoms with van der Waals surface area (Å²) >= 11 is 6.02. The number of hydrogen-bond acceptors (Lipinski definition) is 6. The van der Waals surface area contributed by atoms with Crippen molar-refractivity contribution in [1.82, 2.24) is 20.0 Å². The summed E-state index contributed by atoms with van der Waals surface area (Å²) in [5, 5.41) is 3.75. The first-order chi connectivity index (χ1) is 15.5. The molecule has 0 amide bonds. The molecule has 0 bridgehead atoms. The van der Waals surface area contributed by atoms with E-state index in [9.17, 15) is 26.3 Å². The summed E-state index contributed by atoms with van der Waals surface area (Å²) in [7, 11) is 0. The quantitative estimate of drug-likeness (QED) is 0.471. The molecular formula is C20H16ClF6N5O. The van der Waals surface area contributed by atoms with Gasteiger partial charge < -0.3 is 9.42 Å². The zero-order chi connectivity index (χ0) is 23.8. The third-order valence-electron chi connectivity index (χ3n) is 5.12. The lowest BCUT2D eigenvalue weighted by Crippen LogP contribution is -2.46. The average molecular weight is 492 g/mol. The highest BCUT2D eigenvalue weighted by atomic mass is 35.5. The van der Waals surface area contributed by atoms with Gasteiger partial charge in [-0.2, -0.15) is 31.3 Å². The molecule has 1 saturated heterocycles. The number of nitrogens with zero attached hydrogens (tertiary/aromatic N) is 5. The van der Waals surface area contributed by atoms with Crippen LogP contribution in [-0.4, -0.2) is 46.2 Å². The van der Waals surface area contributed by atoms with Crippen molar-refractivity contribution in [3.63, 3.8) is 0 Å². The van der Waals surface area contributed by atoms with Gasteiger partial charge in [0.25, 0.3) is 0 Å². The zero-order valence-corrected chi connectivity index (χ0v) is 17.5. The lowest BCUT2D eigenvalue weighted by molar-refractivity contribution is -0.138. The molecule has 0 unspecified atom stereocenters. The Bertz CT molecular complexity index is 1110. The van der Waals surface area contributed by atoms with Gasteiger partial charge in [0.15, 0.2) is 0 Å². The zero-order valence-electron chi connectivity index (χ0n) is 16.8. The van der Waals surface area contributed by atoms with E-state index in [0.717, 1.165) is 24.4 Å². The highest BCUT2D eigenvalue weighted by Crippen LogP contribution is 2.34. The second-order valence-electron chi connectivity index (χ2n) is 7.38. The second kappa shape index (κ2) is 8.82. The Morgan fingerprint density at radius 1 is 0.909 bits per heavy atom. The summed E-state index contributed by atoms with van der Waals surface area (Å²) in [6, 6.07) is 5.31. The summed E-state index contributed by atoms with van der Waals surface area (Å²) in [5.41, 5.74) is -1.28. The third kappa shape index (κ3) is 5.38. The number of alkyl halides is 6. The first kappa shape index (κ1) is 23.3. The Morgan fingerprint density at radius 3 is 2.12 bits per heavy atom. The Balaban J connectivity index is 1.35. The van der Waals surface area contributed by atoms with E-state index in [0.29, 0.717) is 44.2 Å². The first-order valence-electron chi connectivity index (χ1n) is 9.71. The van der Waals surface area contributed by atoms with E-state index in [1.807, 2.05) is 4.90 Å². The van der Waals surface area contributed by atoms with Gasteiger partial charge in [-0.05, 0) is 18.2 Å². The average Bonchev–Trinajstić information content (AvgIpc) is 3.22. The van der Waals surface area contributed by atoms with Gasteiger partial charge in [0.2, 0.25) is 11.7 Å². The van der Waals surface area contributed by atoms with Crippen molar-refractivity contribution >= 4 is 17.4 Å². The van der Waals surface area contributed by atoms with Crippen LogP contribution in [0.1, 0.15) is 17.0 Å². The van der Waals surface area contributed by atoms with Crippen molar-refractivity contribution in [3.05, 3.63) is 58.6 Å². The number of halogens is 7. The summed E-state index contributed by atoms with van der Waals surface area (Å²) in [5.74, 6) is 0.758. The number of hydrogen-bond donors (Lipinski definition) is 0. The molecular weight excluding hydrogens is 476 g/mol. The lowest BCUT2D eigenvalue weighted by Gasteiger charge is -2.35. The smallest absolute Gasteiger partial charge is 0.353 e. The van der Waals surface area contributed by atoms with Crippen molar-refractivity contribution in [2.75, 3.05) is 31.1 Å². The summed E-state index contributed by atoms with van der Waals surface area (Å²) in [4.78, 5) is 11.9. The number of aromatic nitrogens is 3. The van der Waals surface area contributed by atoms with Crippen LogP contribution < -0.4 is 4.90 Å². The molecule has 0 saturated carbocycles. The van der Waals surface area contributed by atoms with E-state index < -0.39 is 23.5 Å². The number of benzene rings is 1. The minimum Gasteiger partial charge on any atom is -0.353 e. The van der Waals surface area contributed by atoms with Crippen LogP contribution in [-0.2, 0) is 18.9 Å². The van der Waals surface area contributed by atoms with Crippen LogP contribution in [0.5, 0.6) is 0 Å².